The first kappa shape index (κ1) is 16.0. The van der Waals surface area contributed by atoms with E-state index in [-0.39, 0.29) is 16.9 Å². The maximum Gasteiger partial charge on any atom is 0.241 e. The van der Waals surface area contributed by atoms with E-state index in [1.54, 1.807) is 42.6 Å². The third-order valence-electron chi connectivity index (χ3n) is 3.25. The van der Waals surface area contributed by atoms with Crippen molar-refractivity contribution in [3.63, 3.8) is 0 Å². The second kappa shape index (κ2) is 6.60. The zero-order chi connectivity index (χ0) is 15.5. The fourth-order valence-electron chi connectivity index (χ4n) is 2.03. The molecule has 2 rings (SSSR count). The van der Waals surface area contributed by atoms with Gasteiger partial charge < -0.3 is 5.32 Å². The van der Waals surface area contributed by atoms with Crippen molar-refractivity contribution in [2.24, 2.45) is 5.92 Å². The number of anilines is 1. The lowest BCUT2D eigenvalue weighted by Gasteiger charge is -2.21. The van der Waals surface area contributed by atoms with E-state index >= 15 is 0 Å². The molecule has 6 heteroatoms. The van der Waals surface area contributed by atoms with Crippen LogP contribution in [0.4, 0.5) is 5.69 Å². The van der Waals surface area contributed by atoms with Gasteiger partial charge in [0, 0.05) is 17.6 Å². The first-order valence-corrected chi connectivity index (χ1v) is 9.14. The van der Waals surface area contributed by atoms with Crippen LogP contribution in [0.1, 0.15) is 24.8 Å². The first-order valence-electron chi connectivity index (χ1n) is 6.77. The average molecular weight is 324 g/mol. The molecule has 0 spiro atoms. The van der Waals surface area contributed by atoms with Gasteiger partial charge in [0.1, 0.15) is 0 Å². The second-order valence-corrected chi connectivity index (χ2v) is 7.83. The maximum absolute atomic E-state index is 12.5. The molecule has 0 aliphatic heterocycles. The smallest absolute Gasteiger partial charge is 0.241 e. The van der Waals surface area contributed by atoms with Crippen LogP contribution >= 0.6 is 11.3 Å². The van der Waals surface area contributed by atoms with Gasteiger partial charge in [-0.2, -0.15) is 0 Å². The quantitative estimate of drug-likeness (QED) is 0.855. The topological polar surface area (TPSA) is 58.2 Å². The van der Waals surface area contributed by atoms with Crippen LogP contribution in [0.25, 0.3) is 0 Å². The fraction of sp³-hybridized carbons (Fsp3) is 0.333. The lowest BCUT2D eigenvalue weighted by Crippen LogP contribution is -2.31. The molecule has 1 aromatic carbocycles. The van der Waals surface area contributed by atoms with Crippen molar-refractivity contribution in [3.8, 4) is 0 Å². The van der Waals surface area contributed by atoms with Crippen molar-refractivity contribution in [1.82, 2.24) is 4.72 Å². The molecule has 0 aliphatic rings. The molecule has 0 saturated heterocycles. The van der Waals surface area contributed by atoms with E-state index in [0.29, 0.717) is 0 Å². The van der Waals surface area contributed by atoms with Crippen LogP contribution in [0, 0.1) is 5.92 Å². The Labute approximate surface area is 130 Å². The SMILES string of the molecule is CNc1ccc(S(=O)(=O)NC(c2cccs2)C(C)C)cc1. The van der Waals surface area contributed by atoms with Crippen molar-refractivity contribution in [3.05, 3.63) is 46.7 Å². The molecule has 4 nitrogen and oxygen atoms in total. The van der Waals surface area contributed by atoms with Gasteiger partial charge in [-0.3, -0.25) is 0 Å². The zero-order valence-corrected chi connectivity index (χ0v) is 14.0. The highest BCUT2D eigenvalue weighted by molar-refractivity contribution is 7.89. The fourth-order valence-corrected chi connectivity index (χ4v) is 4.41. The van der Waals surface area contributed by atoms with Crippen molar-refractivity contribution in [2.45, 2.75) is 24.8 Å². The van der Waals surface area contributed by atoms with E-state index in [1.165, 1.54) is 0 Å². The molecule has 114 valence electrons. The Bertz CT molecular complexity index is 662. The molecule has 0 bridgehead atoms. The normalized spacial score (nSPS) is 13.3. The Morgan fingerprint density at radius 1 is 1.10 bits per heavy atom. The van der Waals surface area contributed by atoms with Crippen LogP contribution < -0.4 is 10.0 Å². The molecule has 1 heterocycles. The predicted molar refractivity (Wildman–Crippen MR) is 88.2 cm³/mol. The largest absolute Gasteiger partial charge is 0.388 e. The summed E-state index contributed by atoms with van der Waals surface area (Å²) in [5.41, 5.74) is 0.882. The van der Waals surface area contributed by atoms with Crippen LogP contribution in [0.2, 0.25) is 0 Å². The zero-order valence-electron chi connectivity index (χ0n) is 12.3. The van der Waals surface area contributed by atoms with Gasteiger partial charge in [0.05, 0.1) is 10.9 Å². The number of rotatable bonds is 6. The summed E-state index contributed by atoms with van der Waals surface area (Å²) in [6.45, 7) is 4.02. The Kier molecular flexibility index (Phi) is 5.03. The van der Waals surface area contributed by atoms with Gasteiger partial charge in [-0.25, -0.2) is 13.1 Å². The molecule has 0 saturated carbocycles. The van der Waals surface area contributed by atoms with Crippen LogP contribution in [0.3, 0.4) is 0 Å². The minimum Gasteiger partial charge on any atom is -0.388 e. The monoisotopic (exact) mass is 324 g/mol. The summed E-state index contributed by atoms with van der Waals surface area (Å²) in [4.78, 5) is 1.31. The molecule has 0 amide bonds. The molecular formula is C15H20N2O2S2. The summed E-state index contributed by atoms with van der Waals surface area (Å²) in [6, 6.07) is 10.4. The second-order valence-electron chi connectivity index (χ2n) is 5.13. The highest BCUT2D eigenvalue weighted by Crippen LogP contribution is 2.28. The molecule has 1 aromatic heterocycles. The van der Waals surface area contributed by atoms with Crippen molar-refractivity contribution in [1.29, 1.82) is 0 Å². The summed E-state index contributed by atoms with van der Waals surface area (Å²) < 4.78 is 27.8. The maximum atomic E-state index is 12.5. The van der Waals surface area contributed by atoms with Crippen LogP contribution in [-0.2, 0) is 10.0 Å². The summed E-state index contributed by atoms with van der Waals surface area (Å²) in [5.74, 6) is 0.176. The van der Waals surface area contributed by atoms with E-state index in [0.717, 1.165) is 10.6 Å². The molecule has 2 N–H and O–H groups in total. The Morgan fingerprint density at radius 2 is 1.76 bits per heavy atom. The van der Waals surface area contributed by atoms with Gasteiger partial charge in [-0.05, 0) is 41.6 Å². The molecule has 0 radical (unpaired) electrons. The number of hydrogen-bond donors (Lipinski definition) is 2. The molecule has 2 aromatic rings. The lowest BCUT2D eigenvalue weighted by molar-refractivity contribution is 0.469. The standard InChI is InChI=1S/C15H20N2O2S2/c1-11(2)15(14-5-4-10-20-14)17-21(18,19)13-8-6-12(16-3)7-9-13/h4-11,15-17H,1-3H3. The molecule has 0 aliphatic carbocycles. The van der Waals surface area contributed by atoms with Gasteiger partial charge in [0.15, 0.2) is 0 Å². The van der Waals surface area contributed by atoms with Crippen LogP contribution in [0.5, 0.6) is 0 Å². The number of hydrogen-bond acceptors (Lipinski definition) is 4. The summed E-state index contributed by atoms with van der Waals surface area (Å²) in [7, 11) is -1.73. The highest BCUT2D eigenvalue weighted by atomic mass is 32.2. The summed E-state index contributed by atoms with van der Waals surface area (Å²) >= 11 is 1.56. The molecule has 1 unspecified atom stereocenters. The third kappa shape index (κ3) is 3.84. The number of nitrogens with one attached hydrogen (secondary N) is 2. The van der Waals surface area contributed by atoms with Crippen molar-refractivity contribution in [2.75, 3.05) is 12.4 Å². The first-order chi connectivity index (χ1) is 9.94. The Balaban J connectivity index is 2.26. The third-order valence-corrected chi connectivity index (χ3v) is 5.66. The minimum absolute atomic E-state index is 0.176. The van der Waals surface area contributed by atoms with E-state index in [1.807, 2.05) is 31.4 Å². The van der Waals surface area contributed by atoms with Crippen LogP contribution in [0.15, 0.2) is 46.7 Å². The van der Waals surface area contributed by atoms with Crippen LogP contribution in [-0.4, -0.2) is 15.5 Å². The van der Waals surface area contributed by atoms with Gasteiger partial charge in [-0.1, -0.05) is 19.9 Å². The molecule has 1 atom stereocenters. The lowest BCUT2D eigenvalue weighted by atomic mass is 10.0. The number of sulfonamides is 1. The predicted octanol–water partition coefficient (Wildman–Crippen LogP) is 3.47. The Morgan fingerprint density at radius 3 is 2.24 bits per heavy atom. The van der Waals surface area contributed by atoms with E-state index in [2.05, 4.69) is 10.0 Å². The van der Waals surface area contributed by atoms with Gasteiger partial charge in [-0.15, -0.1) is 11.3 Å². The van der Waals surface area contributed by atoms with Gasteiger partial charge in [0.2, 0.25) is 10.0 Å². The number of benzene rings is 1. The minimum atomic E-state index is -3.53. The average Bonchev–Trinajstić information content (AvgIpc) is 2.98. The van der Waals surface area contributed by atoms with E-state index in [4.69, 9.17) is 0 Å². The Hall–Kier alpha value is -1.37. The molecule has 21 heavy (non-hydrogen) atoms. The number of thiophene rings is 1. The van der Waals surface area contributed by atoms with E-state index < -0.39 is 10.0 Å². The van der Waals surface area contributed by atoms with Crippen molar-refractivity contribution < 1.29 is 8.42 Å². The van der Waals surface area contributed by atoms with Gasteiger partial charge in [0.25, 0.3) is 0 Å². The van der Waals surface area contributed by atoms with E-state index in [9.17, 15) is 8.42 Å². The molecular weight excluding hydrogens is 304 g/mol. The molecule has 0 fully saturated rings. The summed E-state index contributed by atoms with van der Waals surface area (Å²) in [5, 5.41) is 4.93. The summed E-state index contributed by atoms with van der Waals surface area (Å²) in [6.07, 6.45) is 0. The van der Waals surface area contributed by atoms with Gasteiger partial charge >= 0.3 is 0 Å². The highest BCUT2D eigenvalue weighted by Gasteiger charge is 2.24. The van der Waals surface area contributed by atoms with Crippen molar-refractivity contribution >= 4 is 27.0 Å².